The van der Waals surface area contributed by atoms with E-state index in [-0.39, 0.29) is 5.91 Å². The summed E-state index contributed by atoms with van der Waals surface area (Å²) in [4.78, 5) is 18.8. The van der Waals surface area contributed by atoms with Gasteiger partial charge in [-0.25, -0.2) is 4.98 Å². The highest BCUT2D eigenvalue weighted by Gasteiger charge is 2.08. The van der Waals surface area contributed by atoms with Gasteiger partial charge < -0.3 is 14.8 Å². The van der Waals surface area contributed by atoms with Crippen molar-refractivity contribution in [2.75, 3.05) is 25.5 Å². The molecule has 3 rings (SSSR count). The van der Waals surface area contributed by atoms with Crippen LogP contribution in [0.1, 0.15) is 16.8 Å². The molecule has 5 nitrogen and oxygen atoms in total. The molecule has 3 aromatic rings. The number of aryl methyl sites for hydroxylation is 1. The number of benzene rings is 2. The topological polar surface area (TPSA) is 50.2 Å². The number of amides is 1. The average Bonchev–Trinajstić information content (AvgIpc) is 3.14. The normalized spacial score (nSPS) is 10.5. The Labute approximate surface area is 154 Å². The lowest BCUT2D eigenvalue weighted by atomic mass is 10.2. The van der Waals surface area contributed by atoms with Crippen LogP contribution in [0.25, 0.3) is 11.4 Å². The Bertz CT molecular complexity index is 855. The highest BCUT2D eigenvalue weighted by molar-refractivity contribution is 5.95. The zero-order valence-corrected chi connectivity index (χ0v) is 15.2. The molecule has 1 amide bonds. The number of rotatable bonds is 7. The van der Waals surface area contributed by atoms with Crippen LogP contribution < -0.4 is 10.2 Å². The summed E-state index contributed by atoms with van der Waals surface area (Å²) in [6.07, 6.45) is 4.63. The second-order valence-electron chi connectivity index (χ2n) is 6.36. The Kier molecular flexibility index (Phi) is 5.69. The molecule has 0 saturated carbocycles. The molecule has 0 fully saturated rings. The fourth-order valence-corrected chi connectivity index (χ4v) is 2.82. The van der Waals surface area contributed by atoms with Crippen LogP contribution in [0, 0.1) is 0 Å². The minimum Gasteiger partial charge on any atom is -0.378 e. The number of hydrogen-bond donors (Lipinski definition) is 1. The fourth-order valence-electron chi connectivity index (χ4n) is 2.82. The minimum absolute atomic E-state index is 0.0392. The highest BCUT2D eigenvalue weighted by Crippen LogP contribution is 2.17. The zero-order valence-electron chi connectivity index (χ0n) is 15.2. The first-order valence-corrected chi connectivity index (χ1v) is 8.77. The van der Waals surface area contributed by atoms with Crippen molar-refractivity contribution in [1.29, 1.82) is 0 Å². The predicted molar refractivity (Wildman–Crippen MR) is 105 cm³/mol. The number of nitrogens with zero attached hydrogens (tertiary/aromatic N) is 3. The quantitative estimate of drug-likeness (QED) is 0.666. The number of anilines is 1. The Morgan fingerprint density at radius 1 is 1.12 bits per heavy atom. The van der Waals surface area contributed by atoms with E-state index >= 15 is 0 Å². The van der Waals surface area contributed by atoms with Crippen LogP contribution in [0.4, 0.5) is 5.69 Å². The molecule has 1 N–H and O–H groups in total. The molecule has 1 heterocycles. The minimum atomic E-state index is -0.0392. The summed E-state index contributed by atoms with van der Waals surface area (Å²) in [6, 6.07) is 17.8. The van der Waals surface area contributed by atoms with E-state index in [9.17, 15) is 4.79 Å². The molecule has 0 radical (unpaired) electrons. The average molecular weight is 348 g/mol. The molecule has 0 saturated heterocycles. The molecule has 0 aliphatic carbocycles. The van der Waals surface area contributed by atoms with Crippen molar-refractivity contribution in [2.45, 2.75) is 13.0 Å². The molecule has 1 aromatic heterocycles. The lowest BCUT2D eigenvalue weighted by molar-refractivity contribution is 0.0953. The first kappa shape index (κ1) is 17.7. The van der Waals surface area contributed by atoms with Gasteiger partial charge in [0.1, 0.15) is 5.82 Å². The second kappa shape index (κ2) is 8.34. The lowest BCUT2D eigenvalue weighted by Gasteiger charge is -2.13. The van der Waals surface area contributed by atoms with Gasteiger partial charge in [0.25, 0.3) is 5.91 Å². The molecule has 0 aliphatic rings. The Balaban J connectivity index is 1.53. The number of aromatic nitrogens is 2. The van der Waals surface area contributed by atoms with Crippen LogP contribution in [0.5, 0.6) is 0 Å². The van der Waals surface area contributed by atoms with Gasteiger partial charge in [0, 0.05) is 56.4 Å². The molecule has 0 unspecified atom stereocenters. The summed E-state index contributed by atoms with van der Waals surface area (Å²) in [6.45, 7) is 1.43. The van der Waals surface area contributed by atoms with E-state index in [0.717, 1.165) is 30.0 Å². The summed E-state index contributed by atoms with van der Waals surface area (Å²) < 4.78 is 2.12. The standard InChI is InChI=1S/C21H24N4O/c1-24(2)19-11-6-10-18(16-19)21(26)23-12-7-14-25-15-13-22-20(25)17-8-4-3-5-9-17/h3-6,8-11,13,15-16H,7,12,14H2,1-2H3,(H,23,26). The smallest absolute Gasteiger partial charge is 0.251 e. The van der Waals surface area contributed by atoms with Crippen LogP contribution in [0.2, 0.25) is 0 Å². The molecule has 0 aliphatic heterocycles. The van der Waals surface area contributed by atoms with Gasteiger partial charge in [-0.2, -0.15) is 0 Å². The zero-order chi connectivity index (χ0) is 18.4. The van der Waals surface area contributed by atoms with Crippen LogP contribution in [-0.4, -0.2) is 36.1 Å². The third-order valence-corrected chi connectivity index (χ3v) is 4.23. The number of nitrogens with one attached hydrogen (secondary N) is 1. The first-order valence-electron chi connectivity index (χ1n) is 8.77. The Morgan fingerprint density at radius 2 is 1.92 bits per heavy atom. The molecular weight excluding hydrogens is 324 g/mol. The van der Waals surface area contributed by atoms with Gasteiger partial charge in [-0.15, -0.1) is 0 Å². The van der Waals surface area contributed by atoms with Crippen molar-refractivity contribution in [3.05, 3.63) is 72.6 Å². The van der Waals surface area contributed by atoms with Gasteiger partial charge in [0.05, 0.1) is 0 Å². The molecular formula is C21H24N4O. The number of imidazole rings is 1. The summed E-state index contributed by atoms with van der Waals surface area (Å²) in [5.74, 6) is 0.915. The van der Waals surface area contributed by atoms with Gasteiger partial charge in [0.15, 0.2) is 0 Å². The van der Waals surface area contributed by atoms with Gasteiger partial charge in [-0.05, 0) is 24.6 Å². The maximum absolute atomic E-state index is 12.3. The Hall–Kier alpha value is -3.08. The molecule has 0 atom stereocenters. The van der Waals surface area contributed by atoms with Crippen molar-refractivity contribution in [1.82, 2.24) is 14.9 Å². The van der Waals surface area contributed by atoms with E-state index in [1.807, 2.05) is 73.9 Å². The second-order valence-corrected chi connectivity index (χ2v) is 6.36. The summed E-state index contributed by atoms with van der Waals surface area (Å²) in [5.41, 5.74) is 2.80. The van der Waals surface area contributed by atoms with E-state index in [0.29, 0.717) is 12.1 Å². The largest absolute Gasteiger partial charge is 0.378 e. The van der Waals surface area contributed by atoms with Crippen molar-refractivity contribution < 1.29 is 4.79 Å². The monoisotopic (exact) mass is 348 g/mol. The van der Waals surface area contributed by atoms with Gasteiger partial charge in [-0.3, -0.25) is 4.79 Å². The van der Waals surface area contributed by atoms with Crippen LogP contribution in [0.15, 0.2) is 67.0 Å². The maximum Gasteiger partial charge on any atom is 0.251 e. The van der Waals surface area contributed by atoms with Crippen molar-refractivity contribution in [3.63, 3.8) is 0 Å². The van der Waals surface area contributed by atoms with E-state index in [2.05, 4.69) is 27.0 Å². The van der Waals surface area contributed by atoms with Crippen LogP contribution >= 0.6 is 0 Å². The summed E-state index contributed by atoms with van der Waals surface area (Å²) in [7, 11) is 3.93. The molecule has 26 heavy (non-hydrogen) atoms. The van der Waals surface area contributed by atoms with E-state index < -0.39 is 0 Å². The van der Waals surface area contributed by atoms with E-state index in [1.54, 1.807) is 0 Å². The third-order valence-electron chi connectivity index (χ3n) is 4.23. The van der Waals surface area contributed by atoms with Gasteiger partial charge in [0.2, 0.25) is 0 Å². The third kappa shape index (κ3) is 4.30. The van der Waals surface area contributed by atoms with Gasteiger partial charge >= 0.3 is 0 Å². The van der Waals surface area contributed by atoms with Crippen LogP contribution in [0.3, 0.4) is 0 Å². The molecule has 0 spiro atoms. The molecule has 134 valence electrons. The van der Waals surface area contributed by atoms with Crippen molar-refractivity contribution >= 4 is 11.6 Å². The van der Waals surface area contributed by atoms with E-state index in [1.165, 1.54) is 0 Å². The number of carbonyl (C=O) groups excluding carboxylic acids is 1. The van der Waals surface area contributed by atoms with Crippen molar-refractivity contribution in [3.8, 4) is 11.4 Å². The van der Waals surface area contributed by atoms with E-state index in [4.69, 9.17) is 0 Å². The maximum atomic E-state index is 12.3. The molecule has 5 heteroatoms. The molecule has 2 aromatic carbocycles. The SMILES string of the molecule is CN(C)c1cccc(C(=O)NCCCn2ccnc2-c2ccccc2)c1. The number of carbonyl (C=O) groups is 1. The first-order chi connectivity index (χ1) is 12.6. The summed E-state index contributed by atoms with van der Waals surface area (Å²) in [5, 5.41) is 3.00. The molecule has 0 bridgehead atoms. The predicted octanol–water partition coefficient (Wildman–Crippen LogP) is 3.44. The lowest BCUT2D eigenvalue weighted by Crippen LogP contribution is -2.25. The number of hydrogen-bond acceptors (Lipinski definition) is 3. The van der Waals surface area contributed by atoms with Gasteiger partial charge in [-0.1, -0.05) is 36.4 Å². The van der Waals surface area contributed by atoms with Crippen LogP contribution in [-0.2, 0) is 6.54 Å². The fraction of sp³-hybridized carbons (Fsp3) is 0.238. The summed E-state index contributed by atoms with van der Waals surface area (Å²) >= 11 is 0. The van der Waals surface area contributed by atoms with Crippen molar-refractivity contribution in [2.24, 2.45) is 0 Å². The Morgan fingerprint density at radius 3 is 2.69 bits per heavy atom. The highest BCUT2D eigenvalue weighted by atomic mass is 16.1.